The second-order valence-electron chi connectivity index (χ2n) is 6.50. The van der Waals surface area contributed by atoms with Crippen molar-refractivity contribution >= 4 is 63.7 Å². The molecule has 2 aromatic rings. The molecule has 0 unspecified atom stereocenters. The van der Waals surface area contributed by atoms with Crippen molar-refractivity contribution in [3.05, 3.63) is 75.1 Å². The Bertz CT molecular complexity index is 1020. The first-order chi connectivity index (χ1) is 14.3. The number of aryl methyl sites for hydroxylation is 1. The number of carbonyl (C=O) groups excluding carboxylic acids is 3. The van der Waals surface area contributed by atoms with E-state index in [0.717, 1.165) is 11.1 Å². The summed E-state index contributed by atoms with van der Waals surface area (Å²) >= 11 is 12.3. The molecule has 1 saturated heterocycles. The number of nitrogens with one attached hydrogen (secondary N) is 2. The van der Waals surface area contributed by atoms with Crippen molar-refractivity contribution in [3.63, 3.8) is 0 Å². The largest absolute Gasteiger partial charge is 0.292 e. The molecule has 2 N–H and O–H groups in total. The smallest absolute Gasteiger partial charge is 0.269 e. The molecule has 0 spiro atoms. The molecule has 9 heteroatoms. The van der Waals surface area contributed by atoms with E-state index in [4.69, 9.17) is 23.8 Å². The van der Waals surface area contributed by atoms with Crippen LogP contribution in [-0.4, -0.2) is 33.5 Å². The Morgan fingerprint density at radius 1 is 1.10 bits per heavy atom. The zero-order valence-corrected chi connectivity index (χ0v) is 18.4. The van der Waals surface area contributed by atoms with Crippen molar-refractivity contribution in [1.29, 1.82) is 0 Å². The molecule has 0 aliphatic carbocycles. The lowest BCUT2D eigenvalue weighted by atomic mass is 10.1. The van der Waals surface area contributed by atoms with Crippen molar-refractivity contribution in [2.45, 2.75) is 13.3 Å². The van der Waals surface area contributed by atoms with Gasteiger partial charge < -0.3 is 0 Å². The summed E-state index contributed by atoms with van der Waals surface area (Å²) < 4.78 is 0.399. The fourth-order valence-corrected chi connectivity index (χ4v) is 4.02. The van der Waals surface area contributed by atoms with Crippen LogP contribution in [0.5, 0.6) is 0 Å². The van der Waals surface area contributed by atoms with Crippen LogP contribution in [0.25, 0.3) is 6.08 Å². The molecule has 30 heavy (non-hydrogen) atoms. The van der Waals surface area contributed by atoms with Crippen LogP contribution in [0, 0.1) is 6.92 Å². The Labute approximate surface area is 188 Å². The summed E-state index contributed by atoms with van der Waals surface area (Å²) in [7, 11) is 0. The predicted octanol–water partition coefficient (Wildman–Crippen LogP) is 3.70. The summed E-state index contributed by atoms with van der Waals surface area (Å²) in [5.74, 6) is -1.14. The van der Waals surface area contributed by atoms with Gasteiger partial charge in [0.15, 0.2) is 0 Å². The van der Waals surface area contributed by atoms with Gasteiger partial charge in [0, 0.05) is 23.6 Å². The molecule has 3 rings (SSSR count). The maximum Gasteiger partial charge on any atom is 0.269 e. The zero-order chi connectivity index (χ0) is 21.7. The third kappa shape index (κ3) is 5.69. The van der Waals surface area contributed by atoms with E-state index >= 15 is 0 Å². The first kappa shape index (κ1) is 22.0. The minimum Gasteiger partial charge on any atom is -0.292 e. The van der Waals surface area contributed by atoms with Gasteiger partial charge in [0.25, 0.3) is 11.8 Å². The minimum atomic E-state index is -0.466. The third-order valence-electron chi connectivity index (χ3n) is 4.23. The van der Waals surface area contributed by atoms with Gasteiger partial charge in [-0.05, 0) is 42.8 Å². The second kappa shape index (κ2) is 9.88. The Kier molecular flexibility index (Phi) is 7.25. The van der Waals surface area contributed by atoms with Crippen LogP contribution in [0.15, 0.2) is 53.4 Å². The van der Waals surface area contributed by atoms with Crippen LogP contribution < -0.4 is 10.9 Å². The Hall–Kier alpha value is -2.68. The summed E-state index contributed by atoms with van der Waals surface area (Å²) in [5.41, 5.74) is 7.06. The SMILES string of the molecule is Cc1ccc(/C=C2\SC(=S)N(CCC(=O)NNC(=O)c3ccc(Cl)cc3)C2=O)cc1. The molecule has 0 atom stereocenters. The van der Waals surface area contributed by atoms with Gasteiger partial charge in [0.2, 0.25) is 5.91 Å². The number of hydrogen-bond acceptors (Lipinski definition) is 5. The highest BCUT2D eigenvalue weighted by Gasteiger charge is 2.32. The molecule has 1 fully saturated rings. The fraction of sp³-hybridized carbons (Fsp3) is 0.143. The van der Waals surface area contributed by atoms with E-state index in [1.165, 1.54) is 16.7 Å². The average molecular weight is 460 g/mol. The summed E-state index contributed by atoms with van der Waals surface area (Å²) in [5, 5.41) is 0.510. The van der Waals surface area contributed by atoms with Crippen molar-refractivity contribution in [2.75, 3.05) is 6.54 Å². The van der Waals surface area contributed by atoms with Crippen molar-refractivity contribution < 1.29 is 14.4 Å². The fourth-order valence-electron chi connectivity index (χ4n) is 2.58. The number of hydrazine groups is 1. The predicted molar refractivity (Wildman–Crippen MR) is 123 cm³/mol. The van der Waals surface area contributed by atoms with Crippen LogP contribution in [-0.2, 0) is 9.59 Å². The molecular weight excluding hydrogens is 442 g/mol. The third-order valence-corrected chi connectivity index (χ3v) is 5.86. The normalized spacial score (nSPS) is 14.9. The van der Waals surface area contributed by atoms with Crippen LogP contribution in [0.3, 0.4) is 0 Å². The highest BCUT2D eigenvalue weighted by molar-refractivity contribution is 8.26. The lowest BCUT2D eigenvalue weighted by molar-refractivity contribution is -0.124. The first-order valence-corrected chi connectivity index (χ1v) is 10.6. The second-order valence-corrected chi connectivity index (χ2v) is 8.62. The number of carbonyl (C=O) groups is 3. The van der Waals surface area contributed by atoms with Crippen LogP contribution in [0.4, 0.5) is 0 Å². The molecule has 2 aromatic carbocycles. The summed E-state index contributed by atoms with van der Waals surface area (Å²) in [6.45, 7) is 2.12. The van der Waals surface area contributed by atoms with Gasteiger partial charge in [-0.15, -0.1) is 0 Å². The standard InChI is InChI=1S/C21H18ClN3O3S2/c1-13-2-4-14(5-3-13)12-17-20(28)25(21(29)30-17)11-10-18(26)23-24-19(27)15-6-8-16(22)9-7-15/h2-9,12H,10-11H2,1H3,(H,23,26)(H,24,27)/b17-12-. The Morgan fingerprint density at radius 2 is 1.77 bits per heavy atom. The van der Waals surface area contributed by atoms with Gasteiger partial charge in [-0.2, -0.15) is 0 Å². The van der Waals surface area contributed by atoms with Gasteiger partial charge in [0.05, 0.1) is 4.91 Å². The summed E-state index contributed by atoms with van der Waals surface area (Å²) in [4.78, 5) is 38.6. The Balaban J connectivity index is 1.51. The van der Waals surface area contributed by atoms with Crippen molar-refractivity contribution in [3.8, 4) is 0 Å². The van der Waals surface area contributed by atoms with E-state index in [-0.39, 0.29) is 18.9 Å². The minimum absolute atomic E-state index is 0.00878. The number of thiocarbonyl (C=S) groups is 1. The number of amides is 3. The van der Waals surface area contributed by atoms with E-state index in [9.17, 15) is 14.4 Å². The number of thioether (sulfide) groups is 1. The van der Waals surface area contributed by atoms with E-state index in [1.807, 2.05) is 31.2 Å². The zero-order valence-electron chi connectivity index (χ0n) is 16.0. The lowest BCUT2D eigenvalue weighted by Gasteiger charge is -2.14. The first-order valence-electron chi connectivity index (χ1n) is 9.00. The lowest BCUT2D eigenvalue weighted by Crippen LogP contribution is -2.43. The van der Waals surface area contributed by atoms with Gasteiger partial charge in [-0.1, -0.05) is 65.4 Å². The highest BCUT2D eigenvalue weighted by Crippen LogP contribution is 2.32. The van der Waals surface area contributed by atoms with Gasteiger partial charge in [-0.3, -0.25) is 30.1 Å². The summed E-state index contributed by atoms with van der Waals surface area (Å²) in [6, 6.07) is 14.0. The number of rotatable bonds is 5. The molecule has 0 radical (unpaired) electrons. The quantitative estimate of drug-likeness (QED) is 0.405. The molecule has 1 aliphatic heterocycles. The van der Waals surface area contributed by atoms with Crippen molar-refractivity contribution in [1.82, 2.24) is 15.8 Å². The molecule has 3 amide bonds. The van der Waals surface area contributed by atoms with Crippen LogP contribution in [0.2, 0.25) is 5.02 Å². The number of nitrogens with zero attached hydrogens (tertiary/aromatic N) is 1. The number of halogens is 1. The molecule has 1 heterocycles. The van der Waals surface area contributed by atoms with Crippen LogP contribution in [0.1, 0.15) is 27.9 Å². The van der Waals surface area contributed by atoms with E-state index in [2.05, 4.69) is 10.9 Å². The topological polar surface area (TPSA) is 78.5 Å². The molecule has 154 valence electrons. The number of benzene rings is 2. The maximum atomic E-state index is 12.6. The van der Waals surface area contributed by atoms with Crippen molar-refractivity contribution in [2.24, 2.45) is 0 Å². The Morgan fingerprint density at radius 3 is 2.43 bits per heavy atom. The van der Waals surface area contributed by atoms with Gasteiger partial charge in [-0.25, -0.2) is 0 Å². The summed E-state index contributed by atoms with van der Waals surface area (Å²) in [6.07, 6.45) is 1.77. The molecule has 0 bridgehead atoms. The monoisotopic (exact) mass is 459 g/mol. The average Bonchev–Trinajstić information content (AvgIpc) is 2.99. The molecular formula is C21H18ClN3O3S2. The molecule has 0 aromatic heterocycles. The molecule has 1 aliphatic rings. The van der Waals surface area contributed by atoms with Gasteiger partial charge in [0.1, 0.15) is 4.32 Å². The molecule has 0 saturated carbocycles. The maximum absolute atomic E-state index is 12.6. The van der Waals surface area contributed by atoms with Crippen LogP contribution >= 0.6 is 35.6 Å². The van der Waals surface area contributed by atoms with Gasteiger partial charge >= 0.3 is 0 Å². The highest BCUT2D eigenvalue weighted by atomic mass is 35.5. The van der Waals surface area contributed by atoms with E-state index in [1.54, 1.807) is 30.3 Å². The van der Waals surface area contributed by atoms with E-state index in [0.29, 0.717) is 19.8 Å². The molecule has 6 nitrogen and oxygen atoms in total. The number of hydrogen-bond donors (Lipinski definition) is 2. The van der Waals surface area contributed by atoms with E-state index < -0.39 is 11.8 Å².